The highest BCUT2D eigenvalue weighted by molar-refractivity contribution is 7.22. The van der Waals surface area contributed by atoms with Crippen molar-refractivity contribution in [2.45, 2.75) is 19.8 Å². The Morgan fingerprint density at radius 2 is 1.82 bits per heavy atom. The van der Waals surface area contributed by atoms with E-state index >= 15 is 0 Å². The molecule has 0 spiro atoms. The molecule has 0 aliphatic carbocycles. The Labute approximate surface area is 236 Å². The van der Waals surface area contributed by atoms with E-state index in [1.165, 1.54) is 23.0 Å². The molecule has 1 aromatic heterocycles. The Hall–Kier alpha value is -3.86. The maximum atomic E-state index is 14.0. The van der Waals surface area contributed by atoms with Gasteiger partial charge in [0.05, 0.1) is 29.9 Å². The van der Waals surface area contributed by atoms with Gasteiger partial charge in [0.15, 0.2) is 5.13 Å². The predicted molar refractivity (Wildman–Crippen MR) is 158 cm³/mol. The molecule has 0 atom stereocenters. The number of hydrogen-bond acceptors (Lipinski definition) is 6. The lowest BCUT2D eigenvalue weighted by atomic mass is 10.1. The lowest BCUT2D eigenvalue weighted by Crippen LogP contribution is -2.44. The fourth-order valence-corrected chi connectivity index (χ4v) is 5.46. The van der Waals surface area contributed by atoms with E-state index in [1.54, 1.807) is 23.1 Å². The monoisotopic (exact) mass is 561 g/mol. The van der Waals surface area contributed by atoms with Gasteiger partial charge in [-0.05, 0) is 53.9 Å². The number of hydrogen-bond donors (Lipinski definition) is 2. The number of nitrogens with zero attached hydrogens (tertiary/aromatic N) is 3. The van der Waals surface area contributed by atoms with Crippen LogP contribution in [0.2, 0.25) is 0 Å². The van der Waals surface area contributed by atoms with Gasteiger partial charge in [-0.3, -0.25) is 14.6 Å². The molecule has 5 rings (SSSR count). The number of urea groups is 1. The van der Waals surface area contributed by atoms with Crippen LogP contribution in [0.1, 0.15) is 18.1 Å². The zero-order valence-corrected chi connectivity index (χ0v) is 23.2. The molecule has 2 heterocycles. The first-order valence-corrected chi connectivity index (χ1v) is 14.2. The topological polar surface area (TPSA) is 86.8 Å². The van der Waals surface area contributed by atoms with Gasteiger partial charge in [-0.25, -0.2) is 14.2 Å². The normalized spacial score (nSPS) is 13.8. The van der Waals surface area contributed by atoms with E-state index in [-0.39, 0.29) is 18.4 Å². The van der Waals surface area contributed by atoms with E-state index in [2.05, 4.69) is 27.4 Å². The maximum Gasteiger partial charge on any atom is 0.326 e. The number of aromatic nitrogens is 1. The maximum absolute atomic E-state index is 14.0. The zero-order chi connectivity index (χ0) is 27.9. The van der Waals surface area contributed by atoms with Crippen molar-refractivity contribution < 1.29 is 18.7 Å². The van der Waals surface area contributed by atoms with Crippen LogP contribution in [0.4, 0.5) is 25.7 Å². The van der Waals surface area contributed by atoms with Crippen LogP contribution >= 0.6 is 11.3 Å². The van der Waals surface area contributed by atoms with Crippen LogP contribution in [0.15, 0.2) is 66.7 Å². The van der Waals surface area contributed by atoms with Gasteiger partial charge >= 0.3 is 6.03 Å². The van der Waals surface area contributed by atoms with Crippen molar-refractivity contribution >= 4 is 50.0 Å². The van der Waals surface area contributed by atoms with Crippen molar-refractivity contribution in [3.63, 3.8) is 0 Å². The van der Waals surface area contributed by atoms with Crippen LogP contribution < -0.4 is 15.5 Å². The summed E-state index contributed by atoms with van der Waals surface area (Å²) in [5, 5.41) is 6.23. The van der Waals surface area contributed by atoms with Gasteiger partial charge in [-0.2, -0.15) is 0 Å². The molecule has 1 aliphatic rings. The molecule has 4 aromatic rings. The number of rotatable bonds is 9. The third kappa shape index (κ3) is 7.01. The molecule has 1 aliphatic heterocycles. The van der Waals surface area contributed by atoms with Crippen LogP contribution in [0.25, 0.3) is 10.2 Å². The van der Waals surface area contributed by atoms with Crippen LogP contribution in [0.3, 0.4) is 0 Å². The molecule has 2 N–H and O–H groups in total. The van der Waals surface area contributed by atoms with Crippen LogP contribution in [0, 0.1) is 5.82 Å². The number of amides is 3. The van der Waals surface area contributed by atoms with Gasteiger partial charge in [0.25, 0.3) is 0 Å². The van der Waals surface area contributed by atoms with Gasteiger partial charge in [0, 0.05) is 37.6 Å². The first kappa shape index (κ1) is 27.7. The summed E-state index contributed by atoms with van der Waals surface area (Å²) in [6.45, 7) is 6.34. The summed E-state index contributed by atoms with van der Waals surface area (Å²) in [6.07, 6.45) is 0.850. The smallest absolute Gasteiger partial charge is 0.326 e. The van der Waals surface area contributed by atoms with Crippen molar-refractivity contribution in [2.24, 2.45) is 0 Å². The van der Waals surface area contributed by atoms with Gasteiger partial charge < -0.3 is 15.4 Å². The number of benzene rings is 3. The number of fused-ring (bicyclic) bond motifs is 1. The molecule has 40 heavy (non-hydrogen) atoms. The lowest BCUT2D eigenvalue weighted by molar-refractivity contribution is -0.115. The van der Waals surface area contributed by atoms with E-state index < -0.39 is 5.82 Å². The number of morpholine rings is 1. The summed E-state index contributed by atoms with van der Waals surface area (Å²) >= 11 is 1.32. The molecule has 3 aromatic carbocycles. The Morgan fingerprint density at radius 3 is 2.58 bits per heavy atom. The molecular formula is C30H32FN5O3S. The van der Waals surface area contributed by atoms with E-state index in [4.69, 9.17) is 4.74 Å². The fourth-order valence-electron chi connectivity index (χ4n) is 4.54. The zero-order valence-electron chi connectivity index (χ0n) is 22.4. The highest BCUT2D eigenvalue weighted by Crippen LogP contribution is 2.30. The second-order valence-electron chi connectivity index (χ2n) is 9.57. The van der Waals surface area contributed by atoms with Gasteiger partial charge in [-0.15, -0.1) is 0 Å². The van der Waals surface area contributed by atoms with E-state index in [0.29, 0.717) is 42.5 Å². The number of thiazole rings is 1. The Morgan fingerprint density at radius 1 is 1.05 bits per heavy atom. The molecular weight excluding hydrogens is 529 g/mol. The highest BCUT2D eigenvalue weighted by Gasteiger charge is 2.20. The SMILES string of the molecule is CCc1ccc(NC(=O)N(CCN2CCOCC2)c2ccc3nc(NC(=O)Cc4ccccc4F)sc3c2)cc1. The summed E-state index contributed by atoms with van der Waals surface area (Å²) in [7, 11) is 0. The summed E-state index contributed by atoms with van der Waals surface area (Å²) in [5.74, 6) is -0.756. The number of aryl methyl sites for hydroxylation is 1. The largest absolute Gasteiger partial charge is 0.379 e. The first-order chi connectivity index (χ1) is 19.5. The number of ether oxygens (including phenoxy) is 1. The number of carbonyl (C=O) groups excluding carboxylic acids is 2. The van der Waals surface area contributed by atoms with E-state index in [1.807, 2.05) is 42.5 Å². The van der Waals surface area contributed by atoms with Crippen molar-refractivity contribution in [2.75, 3.05) is 54.9 Å². The Kier molecular flexibility index (Phi) is 9.00. The molecule has 0 saturated carbocycles. The third-order valence-corrected chi connectivity index (χ3v) is 7.77. The minimum Gasteiger partial charge on any atom is -0.379 e. The lowest BCUT2D eigenvalue weighted by Gasteiger charge is -2.30. The molecule has 8 nitrogen and oxygen atoms in total. The van der Waals surface area contributed by atoms with Crippen molar-refractivity contribution in [1.29, 1.82) is 0 Å². The second-order valence-corrected chi connectivity index (χ2v) is 10.6. The number of nitrogens with one attached hydrogen (secondary N) is 2. The number of anilines is 3. The van der Waals surface area contributed by atoms with Crippen LogP contribution in [0.5, 0.6) is 0 Å². The summed E-state index contributed by atoms with van der Waals surface area (Å²) in [4.78, 5) is 34.6. The molecule has 0 bridgehead atoms. The van der Waals surface area contributed by atoms with Crippen molar-refractivity contribution in [1.82, 2.24) is 9.88 Å². The highest BCUT2D eigenvalue weighted by atomic mass is 32.1. The van der Waals surface area contributed by atoms with Crippen molar-refractivity contribution in [3.05, 3.63) is 83.7 Å². The average Bonchev–Trinajstić information content (AvgIpc) is 3.37. The van der Waals surface area contributed by atoms with Gasteiger partial charge in [-0.1, -0.05) is 48.6 Å². The third-order valence-electron chi connectivity index (χ3n) is 6.84. The Bertz CT molecular complexity index is 1470. The molecule has 3 amide bonds. The van der Waals surface area contributed by atoms with Gasteiger partial charge in [0.1, 0.15) is 5.82 Å². The quantitative estimate of drug-likeness (QED) is 0.280. The first-order valence-electron chi connectivity index (χ1n) is 13.4. The van der Waals surface area contributed by atoms with Crippen LogP contribution in [-0.2, 0) is 22.4 Å². The molecule has 1 fully saturated rings. The molecule has 1 saturated heterocycles. The summed E-state index contributed by atoms with van der Waals surface area (Å²) in [6, 6.07) is 19.5. The second kappa shape index (κ2) is 13.0. The predicted octanol–water partition coefficient (Wildman–Crippen LogP) is 5.55. The number of carbonyl (C=O) groups is 2. The van der Waals surface area contributed by atoms with Gasteiger partial charge in [0.2, 0.25) is 5.91 Å². The minimum absolute atomic E-state index is 0.0808. The number of halogens is 1. The molecule has 10 heteroatoms. The van der Waals surface area contributed by atoms with Crippen molar-refractivity contribution in [3.8, 4) is 0 Å². The molecule has 0 radical (unpaired) electrons. The van der Waals surface area contributed by atoms with Crippen LogP contribution in [-0.4, -0.2) is 61.2 Å². The average molecular weight is 562 g/mol. The van der Waals surface area contributed by atoms with E-state index in [0.717, 1.165) is 35.6 Å². The standard InChI is InChI=1S/C30H32FN5O3S/c1-2-21-7-9-23(10-8-21)32-30(38)36(14-13-35-15-17-39-18-16-35)24-11-12-26-27(20-24)40-29(33-26)34-28(37)19-22-5-3-4-6-25(22)31/h3-12,20H,2,13-19H2,1H3,(H,32,38)(H,33,34,37). The molecule has 0 unspecified atom stereocenters. The summed E-state index contributed by atoms with van der Waals surface area (Å²) < 4.78 is 20.2. The minimum atomic E-state index is -0.414. The fraction of sp³-hybridized carbons (Fsp3) is 0.300. The van der Waals surface area contributed by atoms with E-state index in [9.17, 15) is 14.0 Å². The Balaban J connectivity index is 1.33. The molecule has 208 valence electrons. The summed E-state index contributed by atoms with van der Waals surface area (Å²) in [5.41, 5.74) is 3.71.